The van der Waals surface area contributed by atoms with Crippen LogP contribution in [0.3, 0.4) is 0 Å². The molecule has 1 atom stereocenters. The number of rotatable bonds is 4. The lowest BCUT2D eigenvalue weighted by Gasteiger charge is -2.36. The van der Waals surface area contributed by atoms with Crippen molar-refractivity contribution in [3.05, 3.63) is 66.4 Å². The van der Waals surface area contributed by atoms with Gasteiger partial charge in [-0.15, -0.1) is 10.2 Å². The number of carbonyl (C=O) groups excluding carboxylic acids is 1. The fourth-order valence-electron chi connectivity index (χ4n) is 3.52. The SMILES string of the molecule is COc1cccc([C@H]2CCCCN2C(=O)c2ccc(-n3cnnc3)nc2)c1. The van der Waals surface area contributed by atoms with Gasteiger partial charge in [-0.3, -0.25) is 9.36 Å². The van der Waals surface area contributed by atoms with Crippen molar-refractivity contribution < 1.29 is 9.53 Å². The normalized spacial score (nSPS) is 16.9. The molecule has 3 aromatic rings. The molecule has 138 valence electrons. The molecule has 1 amide bonds. The third kappa shape index (κ3) is 3.53. The fourth-order valence-corrected chi connectivity index (χ4v) is 3.52. The molecule has 0 saturated carbocycles. The maximum absolute atomic E-state index is 13.2. The summed E-state index contributed by atoms with van der Waals surface area (Å²) < 4.78 is 7.05. The van der Waals surface area contributed by atoms with Gasteiger partial charge in [0.1, 0.15) is 24.2 Å². The molecule has 1 aromatic carbocycles. The van der Waals surface area contributed by atoms with Crippen LogP contribution in [0.15, 0.2) is 55.2 Å². The molecule has 0 radical (unpaired) electrons. The Bertz CT molecular complexity index is 908. The average Bonchev–Trinajstić information content (AvgIpc) is 3.28. The number of piperidine rings is 1. The summed E-state index contributed by atoms with van der Waals surface area (Å²) in [6.07, 6.45) is 7.84. The van der Waals surface area contributed by atoms with Crippen molar-refractivity contribution in [1.29, 1.82) is 0 Å². The van der Waals surface area contributed by atoms with Crippen LogP contribution in [-0.2, 0) is 0 Å². The van der Waals surface area contributed by atoms with Crippen LogP contribution in [0, 0.1) is 0 Å². The number of likely N-dealkylation sites (tertiary alicyclic amines) is 1. The minimum Gasteiger partial charge on any atom is -0.497 e. The minimum atomic E-state index is 0.00493. The van der Waals surface area contributed by atoms with Crippen LogP contribution in [0.5, 0.6) is 5.75 Å². The Morgan fingerprint density at radius 3 is 2.74 bits per heavy atom. The van der Waals surface area contributed by atoms with Crippen LogP contribution in [0.4, 0.5) is 0 Å². The van der Waals surface area contributed by atoms with Crippen LogP contribution in [0.2, 0.25) is 0 Å². The molecular formula is C20H21N5O2. The molecule has 4 rings (SSSR count). The van der Waals surface area contributed by atoms with Gasteiger partial charge in [0.05, 0.1) is 18.7 Å². The number of methoxy groups -OCH3 is 1. The van der Waals surface area contributed by atoms with E-state index in [9.17, 15) is 4.79 Å². The number of ether oxygens (including phenoxy) is 1. The molecule has 2 aromatic heterocycles. The van der Waals surface area contributed by atoms with Crippen LogP contribution in [0.1, 0.15) is 41.2 Å². The van der Waals surface area contributed by atoms with E-state index in [0.29, 0.717) is 11.4 Å². The molecule has 0 spiro atoms. The first-order valence-corrected chi connectivity index (χ1v) is 9.02. The largest absolute Gasteiger partial charge is 0.497 e. The van der Waals surface area contributed by atoms with Gasteiger partial charge in [-0.05, 0) is 49.1 Å². The third-order valence-electron chi connectivity index (χ3n) is 4.92. The predicted molar refractivity (Wildman–Crippen MR) is 99.8 cm³/mol. The molecule has 3 heterocycles. The Hall–Kier alpha value is -3.22. The number of nitrogens with zero attached hydrogens (tertiary/aromatic N) is 5. The van der Waals surface area contributed by atoms with Crippen LogP contribution in [-0.4, -0.2) is 44.2 Å². The quantitative estimate of drug-likeness (QED) is 0.712. The van der Waals surface area contributed by atoms with E-state index >= 15 is 0 Å². The zero-order chi connectivity index (χ0) is 18.6. The maximum Gasteiger partial charge on any atom is 0.255 e. The number of amides is 1. The number of carbonyl (C=O) groups is 1. The van der Waals surface area contributed by atoms with Crippen LogP contribution >= 0.6 is 0 Å². The minimum absolute atomic E-state index is 0.00493. The van der Waals surface area contributed by atoms with Gasteiger partial charge in [-0.25, -0.2) is 4.98 Å². The molecule has 1 saturated heterocycles. The summed E-state index contributed by atoms with van der Waals surface area (Å²) in [4.78, 5) is 19.5. The lowest BCUT2D eigenvalue weighted by atomic mass is 9.94. The topological polar surface area (TPSA) is 73.1 Å². The second kappa shape index (κ2) is 7.57. The number of aromatic nitrogens is 4. The zero-order valence-corrected chi connectivity index (χ0v) is 15.2. The summed E-state index contributed by atoms with van der Waals surface area (Å²) in [5.74, 6) is 1.50. The van der Waals surface area contributed by atoms with Crippen molar-refractivity contribution >= 4 is 5.91 Å². The first-order valence-electron chi connectivity index (χ1n) is 9.02. The van der Waals surface area contributed by atoms with E-state index in [-0.39, 0.29) is 11.9 Å². The van der Waals surface area contributed by atoms with Crippen molar-refractivity contribution in [2.24, 2.45) is 0 Å². The highest BCUT2D eigenvalue weighted by Gasteiger charge is 2.29. The standard InChI is InChI=1S/C20H21N5O2/c1-27-17-6-4-5-15(11-17)18-7-2-3-10-25(18)20(26)16-8-9-19(21-12-16)24-13-22-23-14-24/h4-6,8-9,11-14,18H,2-3,7,10H2,1H3/t18-/m1/s1. The molecule has 1 aliphatic rings. The van der Waals surface area contributed by atoms with E-state index in [2.05, 4.69) is 21.2 Å². The lowest BCUT2D eigenvalue weighted by molar-refractivity contribution is 0.0611. The van der Waals surface area contributed by atoms with Gasteiger partial charge in [-0.1, -0.05) is 12.1 Å². The summed E-state index contributed by atoms with van der Waals surface area (Å²) in [7, 11) is 1.66. The summed E-state index contributed by atoms with van der Waals surface area (Å²) in [6, 6.07) is 11.6. The van der Waals surface area contributed by atoms with Crippen molar-refractivity contribution in [1.82, 2.24) is 24.6 Å². The Kier molecular flexibility index (Phi) is 4.82. The van der Waals surface area contributed by atoms with Crippen LogP contribution < -0.4 is 4.74 Å². The number of hydrogen-bond donors (Lipinski definition) is 0. The molecule has 1 fully saturated rings. The summed E-state index contributed by atoms with van der Waals surface area (Å²) in [6.45, 7) is 0.744. The van der Waals surface area contributed by atoms with Gasteiger partial charge in [0.25, 0.3) is 5.91 Å². The van der Waals surface area contributed by atoms with Gasteiger partial charge < -0.3 is 9.64 Å². The van der Waals surface area contributed by atoms with Gasteiger partial charge in [0, 0.05) is 12.7 Å². The monoisotopic (exact) mass is 363 g/mol. The second-order valence-corrected chi connectivity index (χ2v) is 6.56. The van der Waals surface area contributed by atoms with E-state index in [0.717, 1.165) is 37.1 Å². The van der Waals surface area contributed by atoms with Crippen molar-refractivity contribution in [3.63, 3.8) is 0 Å². The van der Waals surface area contributed by atoms with E-state index in [1.807, 2.05) is 29.2 Å². The Morgan fingerprint density at radius 2 is 2.00 bits per heavy atom. The number of benzene rings is 1. The Morgan fingerprint density at radius 1 is 1.15 bits per heavy atom. The second-order valence-electron chi connectivity index (χ2n) is 6.56. The van der Waals surface area contributed by atoms with Crippen molar-refractivity contribution in [2.75, 3.05) is 13.7 Å². The van der Waals surface area contributed by atoms with E-state index in [1.54, 1.807) is 36.6 Å². The first kappa shape index (κ1) is 17.2. The highest BCUT2D eigenvalue weighted by molar-refractivity contribution is 5.94. The van der Waals surface area contributed by atoms with Crippen LogP contribution in [0.25, 0.3) is 5.82 Å². The molecule has 0 unspecified atom stereocenters. The highest BCUT2D eigenvalue weighted by atomic mass is 16.5. The Labute approximate surface area is 157 Å². The molecular weight excluding hydrogens is 342 g/mol. The number of pyridine rings is 1. The molecule has 0 aliphatic carbocycles. The lowest BCUT2D eigenvalue weighted by Crippen LogP contribution is -2.38. The van der Waals surface area contributed by atoms with Gasteiger partial charge >= 0.3 is 0 Å². The molecule has 27 heavy (non-hydrogen) atoms. The average molecular weight is 363 g/mol. The highest BCUT2D eigenvalue weighted by Crippen LogP contribution is 2.33. The predicted octanol–water partition coefficient (Wildman–Crippen LogP) is 3.04. The van der Waals surface area contributed by atoms with E-state index < -0.39 is 0 Å². The van der Waals surface area contributed by atoms with Gasteiger partial charge in [-0.2, -0.15) is 0 Å². The molecule has 0 bridgehead atoms. The third-order valence-corrected chi connectivity index (χ3v) is 4.92. The van der Waals surface area contributed by atoms with E-state index in [1.165, 1.54) is 0 Å². The first-order chi connectivity index (χ1) is 13.3. The number of hydrogen-bond acceptors (Lipinski definition) is 5. The van der Waals surface area contributed by atoms with Gasteiger partial charge in [0.2, 0.25) is 0 Å². The molecule has 1 aliphatic heterocycles. The van der Waals surface area contributed by atoms with Crippen molar-refractivity contribution in [3.8, 4) is 11.6 Å². The molecule has 7 heteroatoms. The van der Waals surface area contributed by atoms with Gasteiger partial charge in [0.15, 0.2) is 0 Å². The fraction of sp³-hybridized carbons (Fsp3) is 0.300. The summed E-state index contributed by atoms with van der Waals surface area (Å²) >= 11 is 0. The summed E-state index contributed by atoms with van der Waals surface area (Å²) in [5.41, 5.74) is 1.69. The van der Waals surface area contributed by atoms with Crippen molar-refractivity contribution in [2.45, 2.75) is 25.3 Å². The summed E-state index contributed by atoms with van der Waals surface area (Å²) in [5, 5.41) is 7.55. The Balaban J connectivity index is 1.58. The zero-order valence-electron chi connectivity index (χ0n) is 15.2. The smallest absolute Gasteiger partial charge is 0.255 e. The van der Waals surface area contributed by atoms with E-state index in [4.69, 9.17) is 4.74 Å². The molecule has 7 nitrogen and oxygen atoms in total. The maximum atomic E-state index is 13.2. The molecule has 0 N–H and O–H groups in total.